The van der Waals surface area contributed by atoms with E-state index in [4.69, 9.17) is 16.0 Å². The Morgan fingerprint density at radius 2 is 2.17 bits per heavy atom. The number of carbonyl (C=O) groups excluding carboxylic acids is 1. The SMILES string of the molecule is O=C(N[C@H]1CCc2nccn2C1)c1ccc(-c2ccccc2Cl)o1. The molecule has 122 valence electrons. The van der Waals surface area contributed by atoms with Crippen LogP contribution in [0.3, 0.4) is 0 Å². The quantitative estimate of drug-likeness (QED) is 0.792. The predicted octanol–water partition coefficient (Wildman–Crippen LogP) is 3.54. The maximum absolute atomic E-state index is 12.4. The van der Waals surface area contributed by atoms with Gasteiger partial charge in [-0.2, -0.15) is 0 Å². The zero-order valence-corrected chi connectivity index (χ0v) is 13.7. The first kappa shape index (κ1) is 15.0. The van der Waals surface area contributed by atoms with Crippen LogP contribution in [0.4, 0.5) is 0 Å². The van der Waals surface area contributed by atoms with E-state index in [1.807, 2.05) is 24.4 Å². The maximum atomic E-state index is 12.4. The highest BCUT2D eigenvalue weighted by Crippen LogP contribution is 2.29. The van der Waals surface area contributed by atoms with Gasteiger partial charge in [-0.05, 0) is 30.7 Å². The summed E-state index contributed by atoms with van der Waals surface area (Å²) in [5.74, 6) is 1.74. The molecule has 0 fully saturated rings. The van der Waals surface area contributed by atoms with Crippen molar-refractivity contribution in [3.8, 4) is 11.3 Å². The van der Waals surface area contributed by atoms with Gasteiger partial charge in [0.25, 0.3) is 5.91 Å². The second kappa shape index (κ2) is 6.17. The van der Waals surface area contributed by atoms with E-state index < -0.39 is 0 Å². The Bertz CT molecular complexity index is 884. The summed E-state index contributed by atoms with van der Waals surface area (Å²) in [7, 11) is 0. The van der Waals surface area contributed by atoms with Gasteiger partial charge in [0.2, 0.25) is 0 Å². The molecule has 5 nitrogen and oxygen atoms in total. The lowest BCUT2D eigenvalue weighted by atomic mass is 10.1. The van der Waals surface area contributed by atoms with Gasteiger partial charge in [-0.15, -0.1) is 0 Å². The topological polar surface area (TPSA) is 60.1 Å². The van der Waals surface area contributed by atoms with Crippen molar-refractivity contribution < 1.29 is 9.21 Å². The Morgan fingerprint density at radius 1 is 1.29 bits per heavy atom. The van der Waals surface area contributed by atoms with E-state index in [2.05, 4.69) is 14.9 Å². The molecule has 0 aliphatic carbocycles. The highest BCUT2D eigenvalue weighted by Gasteiger charge is 2.22. The minimum absolute atomic E-state index is 0.0769. The van der Waals surface area contributed by atoms with E-state index in [0.29, 0.717) is 16.5 Å². The van der Waals surface area contributed by atoms with Gasteiger partial charge in [-0.3, -0.25) is 4.79 Å². The molecule has 1 atom stereocenters. The molecule has 6 heteroatoms. The number of rotatable bonds is 3. The first-order chi connectivity index (χ1) is 11.7. The van der Waals surface area contributed by atoms with Crippen LogP contribution in [-0.4, -0.2) is 21.5 Å². The highest BCUT2D eigenvalue weighted by atomic mass is 35.5. The molecule has 1 amide bonds. The molecular formula is C18H16ClN3O2. The second-order valence-corrected chi connectivity index (χ2v) is 6.26. The van der Waals surface area contributed by atoms with E-state index in [1.54, 1.807) is 24.4 Å². The number of fused-ring (bicyclic) bond motifs is 1. The third-order valence-corrected chi connectivity index (χ3v) is 4.57. The molecule has 1 N–H and O–H groups in total. The second-order valence-electron chi connectivity index (χ2n) is 5.85. The number of benzene rings is 1. The van der Waals surface area contributed by atoms with E-state index in [9.17, 15) is 4.79 Å². The number of furan rings is 1. The monoisotopic (exact) mass is 341 g/mol. The summed E-state index contributed by atoms with van der Waals surface area (Å²) in [6.45, 7) is 0.735. The summed E-state index contributed by atoms with van der Waals surface area (Å²) >= 11 is 6.17. The average molecular weight is 342 g/mol. The molecule has 0 spiro atoms. The van der Waals surface area contributed by atoms with Crippen LogP contribution in [0.1, 0.15) is 22.8 Å². The molecule has 4 rings (SSSR count). The van der Waals surface area contributed by atoms with Crippen LogP contribution in [0.25, 0.3) is 11.3 Å². The van der Waals surface area contributed by atoms with Gasteiger partial charge in [-0.25, -0.2) is 4.98 Å². The molecule has 1 aliphatic heterocycles. The van der Waals surface area contributed by atoms with Crippen LogP contribution in [0.2, 0.25) is 5.02 Å². The summed E-state index contributed by atoms with van der Waals surface area (Å²) in [6, 6.07) is 10.9. The molecule has 0 saturated carbocycles. The molecular weight excluding hydrogens is 326 g/mol. The summed E-state index contributed by atoms with van der Waals surface area (Å²) in [5, 5.41) is 3.63. The molecule has 0 saturated heterocycles. The normalized spacial score (nSPS) is 16.6. The fourth-order valence-electron chi connectivity index (χ4n) is 3.01. The molecule has 0 unspecified atom stereocenters. The lowest BCUT2D eigenvalue weighted by Gasteiger charge is -2.24. The van der Waals surface area contributed by atoms with Gasteiger partial charge in [-0.1, -0.05) is 23.7 Å². The zero-order chi connectivity index (χ0) is 16.5. The van der Waals surface area contributed by atoms with Crippen molar-refractivity contribution in [2.45, 2.75) is 25.4 Å². The van der Waals surface area contributed by atoms with Crippen molar-refractivity contribution in [3.05, 3.63) is 65.4 Å². The largest absolute Gasteiger partial charge is 0.451 e. The Morgan fingerprint density at radius 3 is 3.04 bits per heavy atom. The van der Waals surface area contributed by atoms with Crippen LogP contribution < -0.4 is 5.32 Å². The minimum Gasteiger partial charge on any atom is -0.451 e. The number of imidazole rings is 1. The maximum Gasteiger partial charge on any atom is 0.287 e. The Balaban J connectivity index is 1.47. The standard InChI is InChI=1S/C18H16ClN3O2/c19-14-4-2-1-3-13(14)15-6-7-16(24-15)18(23)21-12-5-8-17-20-9-10-22(17)11-12/h1-4,6-7,9-10,12H,5,8,11H2,(H,21,23)/t12-/m0/s1. The van der Waals surface area contributed by atoms with Gasteiger partial charge < -0.3 is 14.3 Å². The molecule has 3 heterocycles. The molecule has 3 aromatic rings. The minimum atomic E-state index is -0.207. The van der Waals surface area contributed by atoms with Crippen molar-refractivity contribution in [3.63, 3.8) is 0 Å². The number of nitrogens with zero attached hydrogens (tertiary/aromatic N) is 2. The summed E-state index contributed by atoms with van der Waals surface area (Å²) in [5.41, 5.74) is 0.777. The number of aryl methyl sites for hydroxylation is 1. The lowest BCUT2D eigenvalue weighted by molar-refractivity contribution is 0.0900. The summed E-state index contributed by atoms with van der Waals surface area (Å²) < 4.78 is 7.77. The fourth-order valence-corrected chi connectivity index (χ4v) is 3.24. The van der Waals surface area contributed by atoms with E-state index >= 15 is 0 Å². The average Bonchev–Trinajstić information content (AvgIpc) is 3.24. The zero-order valence-electron chi connectivity index (χ0n) is 12.9. The third-order valence-electron chi connectivity index (χ3n) is 4.24. The smallest absolute Gasteiger partial charge is 0.287 e. The number of aromatic nitrogens is 2. The number of nitrogens with one attached hydrogen (secondary N) is 1. The van der Waals surface area contributed by atoms with Gasteiger partial charge in [0.05, 0.1) is 5.02 Å². The van der Waals surface area contributed by atoms with Gasteiger partial charge in [0.1, 0.15) is 11.6 Å². The van der Waals surface area contributed by atoms with Crippen molar-refractivity contribution in [1.82, 2.24) is 14.9 Å². The molecule has 24 heavy (non-hydrogen) atoms. The van der Waals surface area contributed by atoms with Crippen molar-refractivity contribution in [1.29, 1.82) is 0 Å². The first-order valence-corrected chi connectivity index (χ1v) is 8.24. The molecule has 2 aromatic heterocycles. The van der Waals surface area contributed by atoms with Gasteiger partial charge >= 0.3 is 0 Å². The van der Waals surface area contributed by atoms with Crippen molar-refractivity contribution in [2.24, 2.45) is 0 Å². The number of halogens is 1. The number of hydrogen-bond acceptors (Lipinski definition) is 3. The van der Waals surface area contributed by atoms with E-state index in [-0.39, 0.29) is 11.9 Å². The Hall–Kier alpha value is -2.53. The third kappa shape index (κ3) is 2.83. The highest BCUT2D eigenvalue weighted by molar-refractivity contribution is 6.33. The molecule has 0 bridgehead atoms. The molecule has 1 aliphatic rings. The molecule has 1 aromatic carbocycles. The lowest BCUT2D eigenvalue weighted by Crippen LogP contribution is -2.40. The number of amides is 1. The number of carbonyl (C=O) groups is 1. The molecule has 0 radical (unpaired) electrons. The van der Waals surface area contributed by atoms with Gasteiger partial charge in [0.15, 0.2) is 5.76 Å². The predicted molar refractivity (Wildman–Crippen MR) is 91.0 cm³/mol. The van der Waals surface area contributed by atoms with Crippen LogP contribution in [0, 0.1) is 0 Å². The number of hydrogen-bond donors (Lipinski definition) is 1. The Labute approximate surface area is 144 Å². The fraction of sp³-hybridized carbons (Fsp3) is 0.222. The van der Waals surface area contributed by atoms with Crippen LogP contribution in [-0.2, 0) is 13.0 Å². The van der Waals surface area contributed by atoms with Crippen molar-refractivity contribution in [2.75, 3.05) is 0 Å². The van der Waals surface area contributed by atoms with Crippen LogP contribution >= 0.6 is 11.6 Å². The van der Waals surface area contributed by atoms with Gasteiger partial charge in [0, 0.05) is 37.0 Å². The van der Waals surface area contributed by atoms with Crippen molar-refractivity contribution >= 4 is 17.5 Å². The Kier molecular flexibility index (Phi) is 3.86. The first-order valence-electron chi connectivity index (χ1n) is 7.86. The van der Waals surface area contributed by atoms with Crippen LogP contribution in [0.5, 0.6) is 0 Å². The van der Waals surface area contributed by atoms with Crippen LogP contribution in [0.15, 0.2) is 53.2 Å². The van der Waals surface area contributed by atoms with E-state index in [0.717, 1.165) is 30.8 Å². The van der Waals surface area contributed by atoms with E-state index in [1.165, 1.54) is 0 Å². The summed E-state index contributed by atoms with van der Waals surface area (Å²) in [4.78, 5) is 16.7. The summed E-state index contributed by atoms with van der Waals surface area (Å²) in [6.07, 6.45) is 5.47.